The van der Waals surface area contributed by atoms with Crippen LogP contribution in [-0.2, 0) is 0 Å². The van der Waals surface area contributed by atoms with Crippen LogP contribution in [0, 0.1) is 6.92 Å². The van der Waals surface area contributed by atoms with Crippen molar-refractivity contribution in [3.05, 3.63) is 34.9 Å². The highest BCUT2D eigenvalue weighted by Crippen LogP contribution is 2.41. The fourth-order valence-corrected chi connectivity index (χ4v) is 4.06. The highest BCUT2D eigenvalue weighted by molar-refractivity contribution is 5.43. The number of rotatable bonds is 5. The molecule has 1 fully saturated rings. The smallest absolute Gasteiger partial charge is 0.0328 e. The molecule has 20 heavy (non-hydrogen) atoms. The lowest BCUT2D eigenvalue weighted by molar-refractivity contribution is 0.327. The van der Waals surface area contributed by atoms with Gasteiger partial charge in [0, 0.05) is 6.04 Å². The maximum Gasteiger partial charge on any atom is 0.0328 e. The molecule has 3 rings (SSSR count). The van der Waals surface area contributed by atoms with E-state index in [1.807, 2.05) is 0 Å². The van der Waals surface area contributed by atoms with Crippen molar-refractivity contribution in [2.45, 2.75) is 51.5 Å². The van der Waals surface area contributed by atoms with E-state index in [2.05, 4.69) is 42.3 Å². The maximum atomic E-state index is 3.79. The summed E-state index contributed by atoms with van der Waals surface area (Å²) in [6.07, 6.45) is 5.36. The van der Waals surface area contributed by atoms with Gasteiger partial charge in [0.05, 0.1) is 0 Å². The lowest BCUT2D eigenvalue weighted by Crippen LogP contribution is -2.26. The topological polar surface area (TPSA) is 15.3 Å². The molecule has 1 aromatic rings. The van der Waals surface area contributed by atoms with E-state index in [1.54, 1.807) is 11.1 Å². The lowest BCUT2D eigenvalue weighted by atomic mass is 9.98. The van der Waals surface area contributed by atoms with Gasteiger partial charge in [0.1, 0.15) is 0 Å². The third kappa shape index (κ3) is 2.91. The van der Waals surface area contributed by atoms with Crippen molar-refractivity contribution in [2.75, 3.05) is 26.2 Å². The van der Waals surface area contributed by atoms with Crippen molar-refractivity contribution in [3.8, 4) is 0 Å². The minimum Gasteiger partial charge on any atom is -0.310 e. The third-order valence-corrected chi connectivity index (χ3v) is 5.06. The molecule has 2 aliphatic rings. The standard InChI is InChI=1S/C18H28N2/c1-14-7-5-8-16-17(13-15(2)18(14)16)19-9-6-12-20-10-3-4-11-20/h5,7-8,15,17,19H,3-4,6,9-13H2,1-2H3/t15-,17+/m1/s1. The van der Waals surface area contributed by atoms with Crippen LogP contribution in [0.4, 0.5) is 0 Å². The molecule has 1 saturated heterocycles. The van der Waals surface area contributed by atoms with Crippen LogP contribution in [0.25, 0.3) is 0 Å². The summed E-state index contributed by atoms with van der Waals surface area (Å²) < 4.78 is 0. The summed E-state index contributed by atoms with van der Waals surface area (Å²) in [5.74, 6) is 0.710. The van der Waals surface area contributed by atoms with Crippen molar-refractivity contribution in [2.24, 2.45) is 0 Å². The molecule has 2 heteroatoms. The van der Waals surface area contributed by atoms with Crippen LogP contribution in [0.5, 0.6) is 0 Å². The Morgan fingerprint density at radius 3 is 2.85 bits per heavy atom. The molecule has 1 aromatic carbocycles. The van der Waals surface area contributed by atoms with E-state index in [1.165, 1.54) is 50.9 Å². The van der Waals surface area contributed by atoms with Gasteiger partial charge in [0.25, 0.3) is 0 Å². The zero-order chi connectivity index (χ0) is 13.9. The summed E-state index contributed by atoms with van der Waals surface area (Å²) in [5.41, 5.74) is 4.62. The Labute approximate surface area is 123 Å². The van der Waals surface area contributed by atoms with Gasteiger partial charge in [-0.1, -0.05) is 25.1 Å². The first-order valence-corrected chi connectivity index (χ1v) is 8.31. The summed E-state index contributed by atoms with van der Waals surface area (Å²) in [4.78, 5) is 2.61. The molecule has 0 bridgehead atoms. The second kappa shape index (κ2) is 6.28. The van der Waals surface area contributed by atoms with E-state index in [0.29, 0.717) is 12.0 Å². The van der Waals surface area contributed by atoms with Crippen LogP contribution in [-0.4, -0.2) is 31.1 Å². The fourth-order valence-electron chi connectivity index (χ4n) is 4.06. The normalized spacial score (nSPS) is 26.1. The Morgan fingerprint density at radius 2 is 2.05 bits per heavy atom. The van der Waals surface area contributed by atoms with Gasteiger partial charge in [-0.3, -0.25) is 0 Å². The number of aryl methyl sites for hydroxylation is 1. The van der Waals surface area contributed by atoms with Crippen molar-refractivity contribution in [1.82, 2.24) is 10.2 Å². The zero-order valence-corrected chi connectivity index (χ0v) is 13.0. The van der Waals surface area contributed by atoms with Gasteiger partial charge in [-0.15, -0.1) is 0 Å². The molecule has 1 N–H and O–H groups in total. The number of nitrogens with one attached hydrogen (secondary N) is 1. The highest BCUT2D eigenvalue weighted by Gasteiger charge is 2.28. The largest absolute Gasteiger partial charge is 0.310 e. The minimum atomic E-state index is 0.582. The van der Waals surface area contributed by atoms with Gasteiger partial charge in [-0.05, 0) is 81.4 Å². The van der Waals surface area contributed by atoms with Crippen LogP contribution >= 0.6 is 0 Å². The number of fused-ring (bicyclic) bond motifs is 1. The number of hydrogen-bond donors (Lipinski definition) is 1. The van der Waals surface area contributed by atoms with E-state index in [0.717, 1.165) is 6.54 Å². The maximum absolute atomic E-state index is 3.79. The molecule has 1 heterocycles. The van der Waals surface area contributed by atoms with Gasteiger partial charge in [-0.2, -0.15) is 0 Å². The first kappa shape index (κ1) is 14.1. The van der Waals surface area contributed by atoms with Crippen molar-refractivity contribution >= 4 is 0 Å². The summed E-state index contributed by atoms with van der Waals surface area (Å²) in [5, 5.41) is 3.79. The van der Waals surface area contributed by atoms with Gasteiger partial charge in [0.15, 0.2) is 0 Å². The molecule has 0 aromatic heterocycles. The number of likely N-dealkylation sites (tertiary alicyclic amines) is 1. The van der Waals surface area contributed by atoms with E-state index in [-0.39, 0.29) is 0 Å². The summed E-state index contributed by atoms with van der Waals surface area (Å²) >= 11 is 0. The molecular formula is C18H28N2. The average Bonchev–Trinajstić information content (AvgIpc) is 3.04. The molecule has 0 radical (unpaired) electrons. The zero-order valence-electron chi connectivity index (χ0n) is 13.0. The second-order valence-electron chi connectivity index (χ2n) is 6.62. The molecule has 0 unspecified atom stereocenters. The quantitative estimate of drug-likeness (QED) is 0.824. The van der Waals surface area contributed by atoms with Gasteiger partial charge >= 0.3 is 0 Å². The summed E-state index contributed by atoms with van der Waals surface area (Å²) in [6, 6.07) is 7.37. The predicted octanol–water partition coefficient (Wildman–Crippen LogP) is 3.62. The molecule has 2 nitrogen and oxygen atoms in total. The Balaban J connectivity index is 1.51. The number of nitrogens with zero attached hydrogens (tertiary/aromatic N) is 1. The van der Waals surface area contributed by atoms with E-state index < -0.39 is 0 Å². The SMILES string of the molecule is Cc1cccc2c1[C@H](C)C[C@@H]2NCCCN1CCCC1. The van der Waals surface area contributed by atoms with Crippen LogP contribution < -0.4 is 5.32 Å². The highest BCUT2D eigenvalue weighted by atomic mass is 15.1. The first-order chi connectivity index (χ1) is 9.75. The average molecular weight is 272 g/mol. The predicted molar refractivity (Wildman–Crippen MR) is 85.2 cm³/mol. The third-order valence-electron chi connectivity index (χ3n) is 5.06. The molecule has 0 saturated carbocycles. The van der Waals surface area contributed by atoms with Gasteiger partial charge < -0.3 is 10.2 Å². The van der Waals surface area contributed by atoms with E-state index >= 15 is 0 Å². The Bertz CT molecular complexity index is 449. The second-order valence-corrected chi connectivity index (χ2v) is 6.62. The Morgan fingerprint density at radius 1 is 1.25 bits per heavy atom. The lowest BCUT2D eigenvalue weighted by Gasteiger charge is -2.17. The minimum absolute atomic E-state index is 0.582. The van der Waals surface area contributed by atoms with Crippen molar-refractivity contribution in [1.29, 1.82) is 0 Å². The van der Waals surface area contributed by atoms with Crippen molar-refractivity contribution in [3.63, 3.8) is 0 Å². The summed E-state index contributed by atoms with van der Waals surface area (Å²) in [7, 11) is 0. The van der Waals surface area contributed by atoms with E-state index in [9.17, 15) is 0 Å². The van der Waals surface area contributed by atoms with Gasteiger partial charge in [-0.25, -0.2) is 0 Å². The van der Waals surface area contributed by atoms with Crippen molar-refractivity contribution < 1.29 is 0 Å². The van der Waals surface area contributed by atoms with Gasteiger partial charge in [0.2, 0.25) is 0 Å². The van der Waals surface area contributed by atoms with E-state index in [4.69, 9.17) is 0 Å². The molecule has 1 aliphatic heterocycles. The molecule has 0 amide bonds. The number of hydrogen-bond acceptors (Lipinski definition) is 2. The molecule has 1 aliphatic carbocycles. The molecule has 2 atom stereocenters. The van der Waals surface area contributed by atoms with Crippen LogP contribution in [0.3, 0.4) is 0 Å². The first-order valence-electron chi connectivity index (χ1n) is 8.31. The summed E-state index contributed by atoms with van der Waals surface area (Å²) in [6.45, 7) is 9.70. The monoisotopic (exact) mass is 272 g/mol. The van der Waals surface area contributed by atoms with Crippen LogP contribution in [0.15, 0.2) is 18.2 Å². The van der Waals surface area contributed by atoms with Crippen LogP contribution in [0.1, 0.15) is 61.3 Å². The Hall–Kier alpha value is -0.860. The molecule has 110 valence electrons. The molecule has 0 spiro atoms. The molecular weight excluding hydrogens is 244 g/mol. The Kier molecular flexibility index (Phi) is 4.42. The van der Waals surface area contributed by atoms with Crippen LogP contribution in [0.2, 0.25) is 0 Å². The number of benzene rings is 1. The fraction of sp³-hybridized carbons (Fsp3) is 0.667.